The molecule has 0 aliphatic heterocycles. The van der Waals surface area contributed by atoms with E-state index in [-0.39, 0.29) is 5.91 Å². The number of amides is 1. The summed E-state index contributed by atoms with van der Waals surface area (Å²) in [7, 11) is 0. The number of aromatic nitrogens is 2. The van der Waals surface area contributed by atoms with Crippen molar-refractivity contribution >= 4 is 39.0 Å². The Labute approximate surface area is 134 Å². The van der Waals surface area contributed by atoms with Gasteiger partial charge < -0.3 is 5.32 Å². The van der Waals surface area contributed by atoms with Gasteiger partial charge in [0.05, 0.1) is 12.7 Å². The van der Waals surface area contributed by atoms with Gasteiger partial charge in [-0.2, -0.15) is 16.4 Å². The number of hydrogen-bond donors (Lipinski definition) is 1. The van der Waals surface area contributed by atoms with Gasteiger partial charge >= 0.3 is 0 Å². The number of nitrogens with zero attached hydrogens (tertiary/aromatic N) is 2. The number of rotatable bonds is 4. The summed E-state index contributed by atoms with van der Waals surface area (Å²) >= 11 is 5.00. The summed E-state index contributed by atoms with van der Waals surface area (Å²) in [4.78, 5) is 12.2. The maximum atomic E-state index is 12.2. The predicted molar refractivity (Wildman–Crippen MR) is 87.7 cm³/mol. The minimum Gasteiger partial charge on any atom is -0.307 e. The van der Waals surface area contributed by atoms with Crippen molar-refractivity contribution in [1.82, 2.24) is 9.78 Å². The first-order chi connectivity index (χ1) is 10.2. The lowest BCUT2D eigenvalue weighted by molar-refractivity contribution is 0.102. The molecule has 0 saturated heterocycles. The second kappa shape index (κ2) is 6.24. The second-order valence-corrected chi connectivity index (χ2v) is 6.16. The maximum absolute atomic E-state index is 12.2. The van der Waals surface area contributed by atoms with Crippen molar-refractivity contribution in [3.05, 3.63) is 69.0 Å². The van der Waals surface area contributed by atoms with E-state index in [1.54, 1.807) is 40.4 Å². The normalized spacial score (nSPS) is 10.5. The first kappa shape index (κ1) is 14.0. The number of carbonyl (C=O) groups excluding carboxylic acids is 1. The van der Waals surface area contributed by atoms with E-state index in [0.717, 1.165) is 4.47 Å². The highest BCUT2D eigenvalue weighted by atomic mass is 79.9. The molecule has 3 rings (SSSR count). The minimum absolute atomic E-state index is 0.144. The Balaban J connectivity index is 1.74. The second-order valence-electron chi connectivity index (χ2n) is 4.47. The van der Waals surface area contributed by atoms with E-state index in [1.165, 1.54) is 5.56 Å². The van der Waals surface area contributed by atoms with E-state index in [1.807, 2.05) is 23.6 Å². The van der Waals surface area contributed by atoms with Gasteiger partial charge in [-0.25, -0.2) is 4.68 Å². The van der Waals surface area contributed by atoms with Crippen LogP contribution in [-0.2, 0) is 6.54 Å². The molecule has 0 bridgehead atoms. The SMILES string of the molecule is O=C(Nc1ccnn1Cc1ccsc1)c1ccc(Br)cc1. The zero-order chi connectivity index (χ0) is 14.7. The number of nitrogens with one attached hydrogen (secondary N) is 1. The molecule has 0 unspecified atom stereocenters. The zero-order valence-electron chi connectivity index (χ0n) is 11.0. The standard InChI is InChI=1S/C15H12BrN3OS/c16-13-3-1-12(2-4-13)15(20)18-14-5-7-17-19(14)9-11-6-8-21-10-11/h1-8,10H,9H2,(H,18,20). The van der Waals surface area contributed by atoms with Crippen molar-refractivity contribution in [2.75, 3.05) is 5.32 Å². The lowest BCUT2D eigenvalue weighted by Crippen LogP contribution is -2.16. The van der Waals surface area contributed by atoms with Gasteiger partial charge in [0.25, 0.3) is 5.91 Å². The molecule has 2 heterocycles. The molecule has 2 aromatic heterocycles. The summed E-state index contributed by atoms with van der Waals surface area (Å²) in [6.45, 7) is 0.645. The molecule has 4 nitrogen and oxygen atoms in total. The Hall–Kier alpha value is -1.92. The van der Waals surface area contributed by atoms with Gasteiger partial charge in [-0.3, -0.25) is 4.79 Å². The average molecular weight is 362 g/mol. The molecule has 106 valence electrons. The van der Waals surface area contributed by atoms with Gasteiger partial charge in [-0.05, 0) is 46.7 Å². The Kier molecular flexibility index (Phi) is 4.17. The molecule has 0 fully saturated rings. The van der Waals surface area contributed by atoms with E-state index in [0.29, 0.717) is 17.9 Å². The van der Waals surface area contributed by atoms with Crippen LogP contribution in [0.25, 0.3) is 0 Å². The summed E-state index contributed by atoms with van der Waals surface area (Å²) in [5.74, 6) is 0.545. The molecule has 0 aliphatic rings. The van der Waals surface area contributed by atoms with Crippen molar-refractivity contribution < 1.29 is 4.79 Å². The van der Waals surface area contributed by atoms with Crippen molar-refractivity contribution in [3.8, 4) is 0 Å². The Morgan fingerprint density at radius 1 is 1.24 bits per heavy atom. The highest BCUT2D eigenvalue weighted by Gasteiger charge is 2.10. The van der Waals surface area contributed by atoms with Crippen LogP contribution < -0.4 is 5.32 Å². The van der Waals surface area contributed by atoms with Gasteiger partial charge in [0.2, 0.25) is 0 Å². The van der Waals surface area contributed by atoms with Crippen LogP contribution in [-0.4, -0.2) is 15.7 Å². The Morgan fingerprint density at radius 2 is 2.05 bits per heavy atom. The summed E-state index contributed by atoms with van der Waals surface area (Å²) in [6.07, 6.45) is 1.68. The molecule has 0 aliphatic carbocycles. The topological polar surface area (TPSA) is 46.9 Å². The third kappa shape index (κ3) is 3.40. The lowest BCUT2D eigenvalue weighted by atomic mass is 10.2. The van der Waals surface area contributed by atoms with Crippen LogP contribution in [0.5, 0.6) is 0 Å². The fraction of sp³-hybridized carbons (Fsp3) is 0.0667. The van der Waals surface area contributed by atoms with E-state index < -0.39 is 0 Å². The average Bonchev–Trinajstić information content (AvgIpc) is 3.13. The quantitative estimate of drug-likeness (QED) is 0.762. The van der Waals surface area contributed by atoms with Gasteiger partial charge in [0, 0.05) is 16.1 Å². The fourth-order valence-corrected chi connectivity index (χ4v) is 2.83. The van der Waals surface area contributed by atoms with E-state index >= 15 is 0 Å². The summed E-state index contributed by atoms with van der Waals surface area (Å²) < 4.78 is 2.72. The minimum atomic E-state index is -0.144. The molecule has 3 aromatic rings. The number of hydrogen-bond acceptors (Lipinski definition) is 3. The van der Waals surface area contributed by atoms with Crippen molar-refractivity contribution in [2.45, 2.75) is 6.54 Å². The monoisotopic (exact) mass is 361 g/mol. The molecule has 1 amide bonds. The molecule has 0 saturated carbocycles. The molecule has 6 heteroatoms. The van der Waals surface area contributed by atoms with Crippen molar-refractivity contribution in [3.63, 3.8) is 0 Å². The Bertz CT molecular complexity index is 735. The third-order valence-corrected chi connectivity index (χ3v) is 4.24. The molecule has 1 N–H and O–H groups in total. The third-order valence-electron chi connectivity index (χ3n) is 2.98. The molecule has 0 spiro atoms. The first-order valence-electron chi connectivity index (χ1n) is 6.32. The number of anilines is 1. The van der Waals surface area contributed by atoms with Gasteiger partial charge in [0.1, 0.15) is 5.82 Å². The predicted octanol–water partition coefficient (Wildman–Crippen LogP) is 4.01. The van der Waals surface area contributed by atoms with E-state index in [9.17, 15) is 4.79 Å². The van der Waals surface area contributed by atoms with Crippen LogP contribution in [0.15, 0.2) is 57.8 Å². The smallest absolute Gasteiger partial charge is 0.256 e. The van der Waals surface area contributed by atoms with Crippen LogP contribution in [0.3, 0.4) is 0 Å². The van der Waals surface area contributed by atoms with E-state index in [2.05, 4.69) is 31.7 Å². The van der Waals surface area contributed by atoms with E-state index in [4.69, 9.17) is 0 Å². The van der Waals surface area contributed by atoms with Crippen LogP contribution in [0, 0.1) is 0 Å². The summed E-state index contributed by atoms with van der Waals surface area (Å²) in [6, 6.07) is 11.1. The van der Waals surface area contributed by atoms with Crippen LogP contribution in [0.1, 0.15) is 15.9 Å². The summed E-state index contributed by atoms with van der Waals surface area (Å²) in [5, 5.41) is 11.2. The maximum Gasteiger partial charge on any atom is 0.256 e. The Morgan fingerprint density at radius 3 is 2.76 bits per heavy atom. The first-order valence-corrected chi connectivity index (χ1v) is 8.06. The highest BCUT2D eigenvalue weighted by Crippen LogP contribution is 2.15. The summed E-state index contributed by atoms with van der Waals surface area (Å²) in [5.41, 5.74) is 1.78. The largest absolute Gasteiger partial charge is 0.307 e. The molecule has 1 aromatic carbocycles. The molecule has 0 radical (unpaired) electrons. The van der Waals surface area contributed by atoms with Crippen LogP contribution in [0.4, 0.5) is 5.82 Å². The number of thiophene rings is 1. The van der Waals surface area contributed by atoms with Crippen molar-refractivity contribution in [1.29, 1.82) is 0 Å². The van der Waals surface area contributed by atoms with Crippen LogP contribution in [0.2, 0.25) is 0 Å². The lowest BCUT2D eigenvalue weighted by Gasteiger charge is -2.08. The molecular weight excluding hydrogens is 350 g/mol. The number of benzene rings is 1. The number of carbonyl (C=O) groups is 1. The molecule has 21 heavy (non-hydrogen) atoms. The number of halogens is 1. The van der Waals surface area contributed by atoms with Crippen molar-refractivity contribution in [2.24, 2.45) is 0 Å². The zero-order valence-corrected chi connectivity index (χ0v) is 13.4. The fourth-order valence-electron chi connectivity index (χ4n) is 1.91. The molecule has 0 atom stereocenters. The van der Waals surface area contributed by atoms with Crippen LogP contribution >= 0.6 is 27.3 Å². The highest BCUT2D eigenvalue weighted by molar-refractivity contribution is 9.10. The molecular formula is C15H12BrN3OS. The van der Waals surface area contributed by atoms with Gasteiger partial charge in [-0.15, -0.1) is 0 Å². The van der Waals surface area contributed by atoms with Gasteiger partial charge in [-0.1, -0.05) is 15.9 Å². The van der Waals surface area contributed by atoms with Gasteiger partial charge in [0.15, 0.2) is 0 Å².